The molecule has 1 aliphatic rings. The average Bonchev–Trinajstić information content (AvgIpc) is 2.54. The van der Waals surface area contributed by atoms with E-state index < -0.39 is 5.41 Å². The minimum Gasteiger partial charge on any atom is -0.197 e. The van der Waals surface area contributed by atoms with Gasteiger partial charge in [0.2, 0.25) is 0 Å². The lowest BCUT2D eigenvalue weighted by molar-refractivity contribution is 0.201. The molecular weight excluding hydrogens is 256 g/mol. The third kappa shape index (κ3) is 2.59. The van der Waals surface area contributed by atoms with Gasteiger partial charge in [0.1, 0.15) is 0 Å². The Labute approximate surface area is 127 Å². The van der Waals surface area contributed by atoms with Gasteiger partial charge >= 0.3 is 0 Å². The van der Waals surface area contributed by atoms with E-state index in [9.17, 15) is 10.5 Å². The second kappa shape index (κ2) is 6.15. The predicted molar refractivity (Wildman–Crippen MR) is 84.2 cm³/mol. The van der Waals surface area contributed by atoms with Crippen LogP contribution in [0.3, 0.4) is 0 Å². The molecule has 0 spiro atoms. The van der Waals surface area contributed by atoms with Gasteiger partial charge in [-0.15, -0.1) is 0 Å². The highest BCUT2D eigenvalue weighted by Gasteiger charge is 2.50. The molecule has 0 unspecified atom stereocenters. The van der Waals surface area contributed by atoms with Crippen molar-refractivity contribution >= 4 is 0 Å². The zero-order valence-electron chi connectivity index (χ0n) is 13.0. The Morgan fingerprint density at radius 3 is 2.29 bits per heavy atom. The first-order valence-corrected chi connectivity index (χ1v) is 7.66. The predicted octanol–water partition coefficient (Wildman–Crippen LogP) is 4.82. The molecule has 0 saturated heterocycles. The summed E-state index contributed by atoms with van der Waals surface area (Å²) in [6.45, 7) is 6.39. The van der Waals surface area contributed by atoms with E-state index in [4.69, 9.17) is 0 Å². The fourth-order valence-corrected chi connectivity index (χ4v) is 3.48. The molecule has 2 nitrogen and oxygen atoms in total. The van der Waals surface area contributed by atoms with E-state index in [0.717, 1.165) is 18.4 Å². The molecule has 0 aromatic heterocycles. The zero-order valence-corrected chi connectivity index (χ0v) is 13.0. The van der Waals surface area contributed by atoms with Crippen molar-refractivity contribution in [1.82, 2.24) is 0 Å². The van der Waals surface area contributed by atoms with Crippen LogP contribution in [0.5, 0.6) is 0 Å². The maximum atomic E-state index is 9.85. The topological polar surface area (TPSA) is 47.6 Å². The molecule has 0 aliphatic heterocycles. The first-order valence-electron chi connectivity index (χ1n) is 7.66. The molecular formula is C19H22N2. The van der Waals surface area contributed by atoms with Crippen molar-refractivity contribution in [3.05, 3.63) is 47.5 Å². The van der Waals surface area contributed by atoms with Gasteiger partial charge in [-0.2, -0.15) is 10.5 Å². The summed E-state index contributed by atoms with van der Waals surface area (Å²) < 4.78 is 0. The molecule has 108 valence electrons. The van der Waals surface area contributed by atoms with Crippen LogP contribution in [0.15, 0.2) is 42.0 Å². The third-order valence-electron chi connectivity index (χ3n) is 4.75. The monoisotopic (exact) mass is 278 g/mol. The van der Waals surface area contributed by atoms with Gasteiger partial charge < -0.3 is 0 Å². The Morgan fingerprint density at radius 1 is 1.19 bits per heavy atom. The standard InChI is InChI=1S/C19H22N2/c1-4-15-10-17(14(2)3)19(12-20,13-21)18(11-15)16-8-6-5-7-9-16/h5-9,11,14,17-18H,4,10H2,1-3H3/t17-,18-/m0/s1. The van der Waals surface area contributed by atoms with Crippen LogP contribution < -0.4 is 0 Å². The minimum absolute atomic E-state index is 0.0812. The summed E-state index contributed by atoms with van der Waals surface area (Å²) in [5.74, 6) is 0.258. The number of hydrogen-bond acceptors (Lipinski definition) is 2. The third-order valence-corrected chi connectivity index (χ3v) is 4.75. The van der Waals surface area contributed by atoms with Gasteiger partial charge in [0.05, 0.1) is 12.1 Å². The van der Waals surface area contributed by atoms with Crippen molar-refractivity contribution in [2.24, 2.45) is 17.3 Å². The number of benzene rings is 1. The van der Waals surface area contributed by atoms with Crippen LogP contribution in [0, 0.1) is 39.9 Å². The summed E-state index contributed by atoms with van der Waals surface area (Å²) in [5, 5.41) is 19.7. The molecule has 1 aromatic rings. The first-order chi connectivity index (χ1) is 10.1. The second-order valence-corrected chi connectivity index (χ2v) is 6.21. The Kier molecular flexibility index (Phi) is 4.49. The quantitative estimate of drug-likeness (QED) is 0.744. The van der Waals surface area contributed by atoms with Gasteiger partial charge in [-0.1, -0.05) is 62.8 Å². The van der Waals surface area contributed by atoms with Gasteiger partial charge in [-0.05, 0) is 30.2 Å². The molecule has 0 N–H and O–H groups in total. The van der Waals surface area contributed by atoms with Crippen molar-refractivity contribution in [2.75, 3.05) is 0 Å². The molecule has 0 saturated carbocycles. The summed E-state index contributed by atoms with van der Waals surface area (Å²) in [4.78, 5) is 0. The molecule has 0 fully saturated rings. The van der Waals surface area contributed by atoms with Crippen molar-refractivity contribution in [1.29, 1.82) is 10.5 Å². The number of nitriles is 2. The van der Waals surface area contributed by atoms with Gasteiger partial charge in [0.25, 0.3) is 0 Å². The van der Waals surface area contributed by atoms with E-state index in [1.165, 1.54) is 5.57 Å². The molecule has 0 bridgehead atoms. The lowest BCUT2D eigenvalue weighted by Crippen LogP contribution is -2.39. The maximum Gasteiger partial charge on any atom is 0.157 e. The van der Waals surface area contributed by atoms with Crippen LogP contribution in [0.1, 0.15) is 45.1 Å². The number of rotatable bonds is 3. The Balaban J connectivity index is 2.62. The lowest BCUT2D eigenvalue weighted by Gasteiger charge is -2.41. The summed E-state index contributed by atoms with van der Waals surface area (Å²) in [6.07, 6.45) is 4.01. The van der Waals surface area contributed by atoms with Crippen LogP contribution in [0.2, 0.25) is 0 Å². The molecule has 0 radical (unpaired) electrons. The van der Waals surface area contributed by atoms with E-state index in [0.29, 0.717) is 5.92 Å². The van der Waals surface area contributed by atoms with Crippen LogP contribution >= 0.6 is 0 Å². The van der Waals surface area contributed by atoms with E-state index in [1.807, 2.05) is 30.3 Å². The van der Waals surface area contributed by atoms with Crippen LogP contribution in [0.4, 0.5) is 0 Å². The van der Waals surface area contributed by atoms with Gasteiger partial charge in [0, 0.05) is 5.92 Å². The molecule has 1 aliphatic carbocycles. The highest BCUT2D eigenvalue weighted by Crippen LogP contribution is 2.52. The summed E-state index contributed by atoms with van der Waals surface area (Å²) in [5.41, 5.74) is 1.47. The van der Waals surface area contributed by atoms with Crippen molar-refractivity contribution in [3.8, 4) is 12.1 Å². The fourth-order valence-electron chi connectivity index (χ4n) is 3.48. The Hall–Kier alpha value is -2.06. The summed E-state index contributed by atoms with van der Waals surface area (Å²) in [6, 6.07) is 14.8. The first kappa shape index (κ1) is 15.3. The van der Waals surface area contributed by atoms with Crippen molar-refractivity contribution in [2.45, 2.75) is 39.5 Å². The molecule has 21 heavy (non-hydrogen) atoms. The molecule has 0 heterocycles. The number of hydrogen-bond donors (Lipinski definition) is 0. The minimum atomic E-state index is -0.964. The highest BCUT2D eigenvalue weighted by molar-refractivity contribution is 5.40. The maximum absolute atomic E-state index is 9.85. The van der Waals surface area contributed by atoms with E-state index in [-0.39, 0.29) is 11.8 Å². The molecule has 0 amide bonds. The SMILES string of the molecule is CCC1=C[C@@H](c2ccccc2)C(C#N)(C#N)[C@H](C(C)C)C1. The van der Waals surface area contributed by atoms with Crippen LogP contribution in [-0.4, -0.2) is 0 Å². The van der Waals surface area contributed by atoms with Crippen LogP contribution in [0.25, 0.3) is 0 Å². The van der Waals surface area contributed by atoms with Gasteiger partial charge in [-0.3, -0.25) is 0 Å². The Bertz CT molecular complexity index is 585. The number of allylic oxidation sites excluding steroid dienone is 2. The smallest absolute Gasteiger partial charge is 0.157 e. The average molecular weight is 278 g/mol. The highest BCUT2D eigenvalue weighted by atomic mass is 14.5. The largest absolute Gasteiger partial charge is 0.197 e. The summed E-state index contributed by atoms with van der Waals surface area (Å²) in [7, 11) is 0. The molecule has 2 rings (SSSR count). The van der Waals surface area contributed by atoms with E-state index in [2.05, 4.69) is 39.0 Å². The van der Waals surface area contributed by atoms with E-state index in [1.54, 1.807) is 0 Å². The molecule has 2 atom stereocenters. The van der Waals surface area contributed by atoms with Crippen LogP contribution in [-0.2, 0) is 0 Å². The Morgan fingerprint density at radius 2 is 1.81 bits per heavy atom. The van der Waals surface area contributed by atoms with E-state index >= 15 is 0 Å². The normalized spacial score (nSPS) is 24.0. The second-order valence-electron chi connectivity index (χ2n) is 6.21. The molecule has 2 heteroatoms. The summed E-state index contributed by atoms with van der Waals surface area (Å²) >= 11 is 0. The lowest BCUT2D eigenvalue weighted by atomic mass is 9.57. The zero-order chi connectivity index (χ0) is 15.5. The van der Waals surface area contributed by atoms with Crippen molar-refractivity contribution in [3.63, 3.8) is 0 Å². The van der Waals surface area contributed by atoms with Crippen molar-refractivity contribution < 1.29 is 0 Å². The number of nitrogens with zero attached hydrogens (tertiary/aromatic N) is 2. The van der Waals surface area contributed by atoms with Gasteiger partial charge in [0.15, 0.2) is 5.41 Å². The van der Waals surface area contributed by atoms with Gasteiger partial charge in [-0.25, -0.2) is 0 Å². The molecule has 1 aromatic carbocycles. The fraction of sp³-hybridized carbons (Fsp3) is 0.474.